The van der Waals surface area contributed by atoms with Crippen LogP contribution in [0.15, 0.2) is 36.8 Å². The smallest absolute Gasteiger partial charge is 0.237 e. The van der Waals surface area contributed by atoms with Gasteiger partial charge in [0.15, 0.2) is 0 Å². The third kappa shape index (κ3) is 3.02. The molecule has 0 radical (unpaired) electrons. The molecule has 1 amide bonds. The molecule has 1 saturated heterocycles. The molecule has 0 spiro atoms. The molecule has 27 heavy (non-hydrogen) atoms. The predicted octanol–water partition coefficient (Wildman–Crippen LogP) is 2.07. The molecule has 140 valence electrons. The first-order valence-corrected chi connectivity index (χ1v) is 9.16. The molecule has 0 aliphatic carbocycles. The summed E-state index contributed by atoms with van der Waals surface area (Å²) in [6.45, 7) is 1.20. The number of benzene rings is 1. The van der Waals surface area contributed by atoms with Crippen LogP contribution in [0.3, 0.4) is 0 Å². The van der Waals surface area contributed by atoms with Gasteiger partial charge in [0.05, 0.1) is 28.0 Å². The van der Waals surface area contributed by atoms with Gasteiger partial charge in [-0.15, -0.1) is 0 Å². The summed E-state index contributed by atoms with van der Waals surface area (Å²) in [5, 5.41) is 5.92. The number of aryl methyl sites for hydroxylation is 1. The average molecular weight is 385 g/mol. The molecule has 3 heterocycles. The summed E-state index contributed by atoms with van der Waals surface area (Å²) in [7, 11) is 1.92. The molecule has 1 fully saturated rings. The number of fused-ring (bicyclic) bond motifs is 1. The van der Waals surface area contributed by atoms with Gasteiger partial charge < -0.3 is 16.4 Å². The van der Waals surface area contributed by atoms with Crippen LogP contribution < -0.4 is 16.4 Å². The number of hydrogen-bond donors (Lipinski definition) is 2. The third-order valence-corrected chi connectivity index (χ3v) is 5.67. The Balaban J connectivity index is 1.73. The Hall–Kier alpha value is -2.64. The molecule has 8 heteroatoms. The van der Waals surface area contributed by atoms with Gasteiger partial charge >= 0.3 is 0 Å². The van der Waals surface area contributed by atoms with Crippen LogP contribution in [-0.4, -0.2) is 39.3 Å². The summed E-state index contributed by atoms with van der Waals surface area (Å²) in [4.78, 5) is 18.1. The Morgan fingerprint density at radius 1 is 1.22 bits per heavy atom. The Kier molecular flexibility index (Phi) is 4.28. The number of nitrogens with two attached hydrogens (primary N) is 2. The minimum atomic E-state index is -0.954. The summed E-state index contributed by atoms with van der Waals surface area (Å²) in [5.41, 5.74) is 14.6. The first-order valence-electron chi connectivity index (χ1n) is 8.78. The third-order valence-electron chi connectivity index (χ3n) is 5.39. The minimum Gasteiger partial charge on any atom is -0.370 e. The molecule has 3 aromatic rings. The van der Waals surface area contributed by atoms with Crippen LogP contribution in [0, 0.1) is 0 Å². The second-order valence-corrected chi connectivity index (χ2v) is 7.47. The highest BCUT2D eigenvalue weighted by Crippen LogP contribution is 2.39. The maximum Gasteiger partial charge on any atom is 0.237 e. The highest BCUT2D eigenvalue weighted by atomic mass is 35.5. The van der Waals surface area contributed by atoms with Gasteiger partial charge in [0, 0.05) is 43.5 Å². The predicted molar refractivity (Wildman–Crippen MR) is 107 cm³/mol. The molecule has 0 bridgehead atoms. The SMILES string of the molecule is Cn1ncc2cc(-c3cncc(Cl)c3N3CCC(N)(C(N)=O)CC3)ccc21. The molecule has 0 unspecified atom stereocenters. The van der Waals surface area contributed by atoms with Crippen molar-refractivity contribution in [1.29, 1.82) is 0 Å². The molecule has 1 aliphatic heterocycles. The van der Waals surface area contributed by atoms with Crippen molar-refractivity contribution in [2.24, 2.45) is 18.5 Å². The van der Waals surface area contributed by atoms with E-state index in [9.17, 15) is 4.79 Å². The van der Waals surface area contributed by atoms with Gasteiger partial charge in [-0.2, -0.15) is 5.10 Å². The number of piperidine rings is 1. The lowest BCUT2D eigenvalue weighted by Crippen LogP contribution is -2.58. The highest BCUT2D eigenvalue weighted by molar-refractivity contribution is 6.33. The van der Waals surface area contributed by atoms with Gasteiger partial charge in [0.2, 0.25) is 5.91 Å². The van der Waals surface area contributed by atoms with Crippen LogP contribution in [0.5, 0.6) is 0 Å². The van der Waals surface area contributed by atoms with Gasteiger partial charge in [0.1, 0.15) is 0 Å². The van der Waals surface area contributed by atoms with E-state index in [1.54, 1.807) is 6.20 Å². The molecule has 0 saturated carbocycles. The van der Waals surface area contributed by atoms with E-state index in [4.69, 9.17) is 23.1 Å². The lowest BCUT2D eigenvalue weighted by molar-refractivity contribution is -0.123. The number of aromatic nitrogens is 3. The summed E-state index contributed by atoms with van der Waals surface area (Å²) in [6.07, 6.45) is 6.27. The maximum atomic E-state index is 11.6. The van der Waals surface area contributed by atoms with Crippen molar-refractivity contribution < 1.29 is 4.79 Å². The second kappa shape index (κ2) is 6.51. The molecule has 7 nitrogen and oxygen atoms in total. The van der Waals surface area contributed by atoms with Crippen molar-refractivity contribution in [3.8, 4) is 11.1 Å². The molecule has 0 atom stereocenters. The monoisotopic (exact) mass is 384 g/mol. The van der Waals surface area contributed by atoms with E-state index in [2.05, 4.69) is 21.0 Å². The maximum absolute atomic E-state index is 11.6. The number of primary amides is 1. The number of halogens is 1. The fourth-order valence-electron chi connectivity index (χ4n) is 3.67. The van der Waals surface area contributed by atoms with Crippen molar-refractivity contribution in [1.82, 2.24) is 14.8 Å². The van der Waals surface area contributed by atoms with E-state index in [0.717, 1.165) is 27.7 Å². The van der Waals surface area contributed by atoms with Crippen molar-refractivity contribution in [3.05, 3.63) is 41.8 Å². The first kappa shape index (κ1) is 17.8. The summed E-state index contributed by atoms with van der Waals surface area (Å²) >= 11 is 6.53. The molecule has 2 aromatic heterocycles. The highest BCUT2D eigenvalue weighted by Gasteiger charge is 2.36. The zero-order valence-corrected chi connectivity index (χ0v) is 15.8. The Labute approximate surface area is 161 Å². The van der Waals surface area contributed by atoms with Gasteiger partial charge in [-0.25, -0.2) is 0 Å². The zero-order chi connectivity index (χ0) is 19.2. The topological polar surface area (TPSA) is 103 Å². The number of pyridine rings is 1. The van der Waals surface area contributed by atoms with Crippen molar-refractivity contribution in [2.75, 3.05) is 18.0 Å². The Morgan fingerprint density at radius 2 is 1.96 bits per heavy atom. The standard InChI is InChI=1S/C19H21ClN6O/c1-25-16-3-2-12(8-13(16)9-24-25)14-10-23-11-15(20)17(14)26-6-4-19(22,5-7-26)18(21)27/h2-3,8-11H,4-7,22H2,1H3,(H2,21,27). The number of anilines is 1. The van der Waals surface area contributed by atoms with Crippen molar-refractivity contribution >= 4 is 34.1 Å². The minimum absolute atomic E-state index is 0.453. The van der Waals surface area contributed by atoms with Gasteiger partial charge in [-0.3, -0.25) is 14.5 Å². The van der Waals surface area contributed by atoms with Gasteiger partial charge in [0.25, 0.3) is 0 Å². The van der Waals surface area contributed by atoms with E-state index >= 15 is 0 Å². The first-order chi connectivity index (χ1) is 12.9. The summed E-state index contributed by atoms with van der Waals surface area (Å²) in [5.74, 6) is -0.453. The van der Waals surface area contributed by atoms with E-state index in [1.807, 2.05) is 36.3 Å². The molecular weight excluding hydrogens is 364 g/mol. The number of nitrogens with zero attached hydrogens (tertiary/aromatic N) is 4. The Bertz CT molecular complexity index is 1020. The number of hydrogen-bond acceptors (Lipinski definition) is 5. The number of amides is 1. The Morgan fingerprint density at radius 3 is 2.67 bits per heavy atom. The van der Waals surface area contributed by atoms with E-state index in [0.29, 0.717) is 31.0 Å². The molecule has 4 rings (SSSR count). The van der Waals surface area contributed by atoms with Crippen LogP contribution >= 0.6 is 11.6 Å². The molecule has 4 N–H and O–H groups in total. The van der Waals surface area contributed by atoms with E-state index in [-0.39, 0.29) is 0 Å². The van der Waals surface area contributed by atoms with Crippen LogP contribution in [0.25, 0.3) is 22.0 Å². The number of rotatable bonds is 3. The zero-order valence-electron chi connectivity index (χ0n) is 15.0. The fraction of sp³-hybridized carbons (Fsp3) is 0.316. The van der Waals surface area contributed by atoms with E-state index < -0.39 is 11.4 Å². The van der Waals surface area contributed by atoms with Gasteiger partial charge in [-0.05, 0) is 30.5 Å². The molecule has 1 aromatic carbocycles. The van der Waals surface area contributed by atoms with E-state index in [1.165, 1.54) is 0 Å². The van der Waals surface area contributed by atoms with Crippen molar-refractivity contribution in [3.63, 3.8) is 0 Å². The second-order valence-electron chi connectivity index (χ2n) is 7.07. The lowest BCUT2D eigenvalue weighted by Gasteiger charge is -2.39. The molecule has 1 aliphatic rings. The fourth-order valence-corrected chi connectivity index (χ4v) is 3.95. The van der Waals surface area contributed by atoms with Crippen LogP contribution in [0.1, 0.15) is 12.8 Å². The lowest BCUT2D eigenvalue weighted by atomic mass is 9.87. The normalized spacial score (nSPS) is 16.6. The number of carbonyl (C=O) groups excluding carboxylic acids is 1. The number of carbonyl (C=O) groups is 1. The van der Waals surface area contributed by atoms with Crippen LogP contribution in [-0.2, 0) is 11.8 Å². The average Bonchev–Trinajstić information content (AvgIpc) is 3.03. The van der Waals surface area contributed by atoms with Crippen LogP contribution in [0.4, 0.5) is 5.69 Å². The summed E-state index contributed by atoms with van der Waals surface area (Å²) in [6, 6.07) is 6.16. The van der Waals surface area contributed by atoms with Crippen LogP contribution in [0.2, 0.25) is 5.02 Å². The largest absolute Gasteiger partial charge is 0.370 e. The molecular formula is C19H21ClN6O. The quantitative estimate of drug-likeness (QED) is 0.719. The van der Waals surface area contributed by atoms with Gasteiger partial charge in [-0.1, -0.05) is 17.7 Å². The summed E-state index contributed by atoms with van der Waals surface area (Å²) < 4.78 is 1.84. The van der Waals surface area contributed by atoms with Crippen molar-refractivity contribution in [2.45, 2.75) is 18.4 Å².